The average molecular weight is 268 g/mol. The van der Waals surface area contributed by atoms with Gasteiger partial charge in [-0.05, 0) is 43.0 Å². The summed E-state index contributed by atoms with van der Waals surface area (Å²) in [5.74, 6) is -0.338. The van der Waals surface area contributed by atoms with Crippen LogP contribution >= 0.6 is 0 Å². The summed E-state index contributed by atoms with van der Waals surface area (Å²) in [4.78, 5) is 1.71. The second-order valence-corrected chi connectivity index (χ2v) is 5.37. The molecule has 0 aromatic heterocycles. The number of halogens is 2. The van der Waals surface area contributed by atoms with Gasteiger partial charge in [0, 0.05) is 20.1 Å². The maximum absolute atomic E-state index is 14.1. The zero-order chi connectivity index (χ0) is 13.8. The predicted molar refractivity (Wildman–Crippen MR) is 74.3 cm³/mol. The highest BCUT2D eigenvalue weighted by atomic mass is 19.1. The van der Waals surface area contributed by atoms with Gasteiger partial charge in [-0.1, -0.05) is 13.3 Å². The quantitative estimate of drug-likeness (QED) is 0.851. The molecule has 0 radical (unpaired) electrons. The van der Waals surface area contributed by atoms with Crippen LogP contribution in [0.25, 0.3) is 0 Å². The first-order chi connectivity index (χ1) is 9.11. The molecule has 1 N–H and O–H groups in total. The van der Waals surface area contributed by atoms with Crippen molar-refractivity contribution in [2.45, 2.75) is 32.7 Å². The van der Waals surface area contributed by atoms with Gasteiger partial charge in [0.2, 0.25) is 0 Å². The van der Waals surface area contributed by atoms with E-state index in [0.29, 0.717) is 18.0 Å². The van der Waals surface area contributed by atoms with E-state index in [-0.39, 0.29) is 5.69 Å². The van der Waals surface area contributed by atoms with Gasteiger partial charge in [-0.2, -0.15) is 0 Å². The van der Waals surface area contributed by atoms with Crippen molar-refractivity contribution in [2.24, 2.45) is 5.92 Å². The molecule has 1 aromatic carbocycles. The van der Waals surface area contributed by atoms with Crippen molar-refractivity contribution in [3.63, 3.8) is 0 Å². The fraction of sp³-hybridized carbons (Fsp3) is 0.600. The minimum absolute atomic E-state index is 0.104. The Bertz CT molecular complexity index is 407. The molecule has 0 heterocycles. The molecule has 0 aliphatic heterocycles. The van der Waals surface area contributed by atoms with Crippen molar-refractivity contribution in [1.82, 2.24) is 5.32 Å². The first-order valence-corrected chi connectivity index (χ1v) is 7.01. The first kappa shape index (κ1) is 14.3. The van der Waals surface area contributed by atoms with E-state index in [0.717, 1.165) is 13.1 Å². The van der Waals surface area contributed by atoms with E-state index >= 15 is 0 Å². The van der Waals surface area contributed by atoms with Crippen molar-refractivity contribution >= 4 is 5.69 Å². The monoisotopic (exact) mass is 268 g/mol. The van der Waals surface area contributed by atoms with Gasteiger partial charge in [-0.15, -0.1) is 0 Å². The Morgan fingerprint density at radius 3 is 2.37 bits per heavy atom. The van der Waals surface area contributed by atoms with Gasteiger partial charge in [-0.3, -0.25) is 0 Å². The second kappa shape index (κ2) is 6.33. The third-order valence-electron chi connectivity index (χ3n) is 3.79. The number of nitrogens with one attached hydrogen (secondary N) is 1. The zero-order valence-corrected chi connectivity index (χ0v) is 11.7. The van der Waals surface area contributed by atoms with Crippen LogP contribution in [0.3, 0.4) is 0 Å². The van der Waals surface area contributed by atoms with Crippen LogP contribution in [-0.4, -0.2) is 20.1 Å². The number of anilines is 1. The van der Waals surface area contributed by atoms with Crippen LogP contribution < -0.4 is 10.2 Å². The summed E-state index contributed by atoms with van der Waals surface area (Å²) in [5.41, 5.74) is 0.754. The normalized spacial score (nSPS) is 15.4. The first-order valence-electron chi connectivity index (χ1n) is 7.01. The topological polar surface area (TPSA) is 15.3 Å². The lowest BCUT2D eigenvalue weighted by Gasteiger charge is -2.31. The van der Waals surface area contributed by atoms with Gasteiger partial charge in [0.25, 0.3) is 0 Å². The number of rotatable bonds is 6. The summed E-state index contributed by atoms with van der Waals surface area (Å²) in [6.07, 6.45) is 3.59. The molecule has 1 aliphatic rings. The highest BCUT2D eigenvalue weighted by Crippen LogP contribution is 2.30. The van der Waals surface area contributed by atoms with Gasteiger partial charge < -0.3 is 10.2 Å². The fourth-order valence-electron chi connectivity index (χ4n) is 2.51. The summed E-state index contributed by atoms with van der Waals surface area (Å²) >= 11 is 0. The van der Waals surface area contributed by atoms with E-state index in [9.17, 15) is 8.78 Å². The van der Waals surface area contributed by atoms with Gasteiger partial charge in [0.1, 0.15) is 17.3 Å². The summed E-state index contributed by atoms with van der Waals surface area (Å²) in [7, 11) is 1.77. The van der Waals surface area contributed by atoms with Crippen LogP contribution in [0.4, 0.5) is 14.5 Å². The van der Waals surface area contributed by atoms with E-state index in [1.54, 1.807) is 11.9 Å². The Kier molecular flexibility index (Phi) is 4.75. The van der Waals surface area contributed by atoms with E-state index in [2.05, 4.69) is 5.32 Å². The maximum atomic E-state index is 14.1. The Morgan fingerprint density at radius 1 is 1.26 bits per heavy atom. The highest BCUT2D eigenvalue weighted by Gasteiger charge is 2.22. The van der Waals surface area contributed by atoms with Crippen molar-refractivity contribution in [3.8, 4) is 0 Å². The summed E-state index contributed by atoms with van der Waals surface area (Å²) in [6, 6.07) is 2.86. The molecule has 1 aromatic rings. The Morgan fingerprint density at radius 2 is 1.89 bits per heavy atom. The van der Waals surface area contributed by atoms with E-state index in [4.69, 9.17) is 0 Å². The number of nitrogens with zero attached hydrogens (tertiary/aromatic N) is 1. The Hall–Kier alpha value is -1.16. The van der Waals surface area contributed by atoms with E-state index in [1.807, 2.05) is 6.92 Å². The third kappa shape index (κ3) is 3.44. The van der Waals surface area contributed by atoms with Gasteiger partial charge in [0.05, 0.1) is 0 Å². The van der Waals surface area contributed by atoms with Crippen LogP contribution in [0.1, 0.15) is 31.7 Å². The van der Waals surface area contributed by atoms with Crippen molar-refractivity contribution in [1.29, 1.82) is 0 Å². The minimum atomic E-state index is -0.463. The van der Waals surface area contributed by atoms with Gasteiger partial charge >= 0.3 is 0 Å². The lowest BCUT2D eigenvalue weighted by atomic mass is 9.85. The SMILES string of the molecule is CCNCc1cc(F)c(N(C)CC2CCC2)c(F)c1. The molecule has 0 spiro atoms. The van der Waals surface area contributed by atoms with Crippen molar-refractivity contribution < 1.29 is 8.78 Å². The molecule has 0 unspecified atom stereocenters. The molecule has 1 saturated carbocycles. The van der Waals surface area contributed by atoms with Gasteiger partial charge in [0.15, 0.2) is 0 Å². The predicted octanol–water partition coefficient (Wildman–Crippen LogP) is 3.31. The standard InChI is InChI=1S/C15H22F2N2/c1-3-18-9-12-7-13(16)15(14(17)8-12)19(2)10-11-5-4-6-11/h7-8,11,18H,3-6,9-10H2,1-2H3. The molecule has 106 valence electrons. The van der Waals surface area contributed by atoms with Crippen molar-refractivity contribution in [3.05, 3.63) is 29.3 Å². The van der Waals surface area contributed by atoms with E-state index < -0.39 is 11.6 Å². The van der Waals surface area contributed by atoms with Crippen molar-refractivity contribution in [2.75, 3.05) is 25.0 Å². The molecular formula is C15H22F2N2. The molecule has 4 heteroatoms. The lowest BCUT2D eigenvalue weighted by molar-refractivity contribution is 0.320. The number of hydrogen-bond donors (Lipinski definition) is 1. The minimum Gasteiger partial charge on any atom is -0.370 e. The molecule has 2 rings (SSSR count). The summed E-state index contributed by atoms with van der Waals surface area (Å²) in [5, 5.41) is 3.07. The van der Waals surface area contributed by atoms with Crippen LogP contribution in [0, 0.1) is 17.6 Å². The van der Waals surface area contributed by atoms with Crippen LogP contribution in [0.5, 0.6) is 0 Å². The molecule has 0 saturated heterocycles. The third-order valence-corrected chi connectivity index (χ3v) is 3.79. The summed E-state index contributed by atoms with van der Waals surface area (Å²) < 4.78 is 28.1. The molecule has 2 nitrogen and oxygen atoms in total. The van der Waals surface area contributed by atoms with E-state index in [1.165, 1.54) is 31.4 Å². The second-order valence-electron chi connectivity index (χ2n) is 5.37. The number of hydrogen-bond acceptors (Lipinski definition) is 2. The average Bonchev–Trinajstić information content (AvgIpc) is 2.30. The smallest absolute Gasteiger partial charge is 0.149 e. The van der Waals surface area contributed by atoms with Gasteiger partial charge in [-0.25, -0.2) is 8.78 Å². The molecular weight excluding hydrogens is 246 g/mol. The van der Waals surface area contributed by atoms with Crippen LogP contribution in [-0.2, 0) is 6.54 Å². The highest BCUT2D eigenvalue weighted by molar-refractivity contribution is 5.50. The molecule has 0 amide bonds. The molecule has 0 bridgehead atoms. The van der Waals surface area contributed by atoms with Crippen LogP contribution in [0.2, 0.25) is 0 Å². The Labute approximate surface area is 113 Å². The van der Waals surface area contributed by atoms with Crippen LogP contribution in [0.15, 0.2) is 12.1 Å². The molecule has 1 fully saturated rings. The lowest BCUT2D eigenvalue weighted by Crippen LogP contribution is -2.30. The zero-order valence-electron chi connectivity index (χ0n) is 11.7. The Balaban J connectivity index is 2.10. The molecule has 19 heavy (non-hydrogen) atoms. The summed E-state index contributed by atoms with van der Waals surface area (Å²) in [6.45, 7) is 3.98. The number of benzene rings is 1. The molecule has 1 aliphatic carbocycles. The fourth-order valence-corrected chi connectivity index (χ4v) is 2.51. The molecule has 0 atom stereocenters. The maximum Gasteiger partial charge on any atom is 0.149 e. The largest absolute Gasteiger partial charge is 0.370 e.